The molecule has 32 heavy (non-hydrogen) atoms. The van der Waals surface area contributed by atoms with E-state index in [1.165, 1.54) is 29.1 Å². The van der Waals surface area contributed by atoms with E-state index in [-0.39, 0.29) is 11.7 Å². The lowest BCUT2D eigenvalue weighted by Gasteiger charge is -2.09. The molecule has 162 valence electrons. The van der Waals surface area contributed by atoms with Crippen molar-refractivity contribution in [3.63, 3.8) is 0 Å². The van der Waals surface area contributed by atoms with E-state index < -0.39 is 0 Å². The average molecular weight is 483 g/mol. The average Bonchev–Trinajstić information content (AvgIpc) is 3.14. The lowest BCUT2D eigenvalue weighted by molar-refractivity contribution is -0.118. The van der Waals surface area contributed by atoms with Crippen LogP contribution < -0.4 is 5.43 Å². The van der Waals surface area contributed by atoms with Crippen molar-refractivity contribution in [2.24, 2.45) is 5.10 Å². The number of imidazole rings is 1. The SMILES string of the molecule is Cc1ccc(Cn2c(SCC(=O)NN=Cc3cccc(Cl)c3Cl)nc3ccccc32)cc1. The zero-order valence-electron chi connectivity index (χ0n) is 17.3. The Kier molecular flexibility index (Phi) is 7.15. The molecule has 1 aromatic heterocycles. The van der Waals surface area contributed by atoms with E-state index in [0.717, 1.165) is 16.2 Å². The minimum absolute atomic E-state index is 0.178. The van der Waals surface area contributed by atoms with E-state index in [1.54, 1.807) is 18.2 Å². The maximum atomic E-state index is 12.3. The molecular weight excluding hydrogens is 463 g/mol. The number of hydrazone groups is 1. The highest BCUT2D eigenvalue weighted by Crippen LogP contribution is 2.26. The van der Waals surface area contributed by atoms with Gasteiger partial charge in [-0.05, 0) is 30.7 Å². The number of hydrogen-bond acceptors (Lipinski definition) is 4. The largest absolute Gasteiger partial charge is 0.314 e. The fourth-order valence-electron chi connectivity index (χ4n) is 3.15. The number of aryl methyl sites for hydroxylation is 1. The molecule has 4 aromatic rings. The molecule has 0 fully saturated rings. The molecule has 4 rings (SSSR count). The molecule has 8 heteroatoms. The standard InChI is InChI=1S/C24H20Cl2N4OS/c1-16-9-11-17(12-10-16)14-30-21-8-3-2-7-20(21)28-24(30)32-15-22(31)29-27-13-18-5-4-6-19(25)23(18)26/h2-13H,14-15H2,1H3,(H,29,31). The third-order valence-electron chi connectivity index (χ3n) is 4.79. The highest BCUT2D eigenvalue weighted by Gasteiger charge is 2.13. The van der Waals surface area contributed by atoms with Crippen molar-refractivity contribution in [1.82, 2.24) is 15.0 Å². The number of aromatic nitrogens is 2. The van der Waals surface area contributed by atoms with E-state index in [4.69, 9.17) is 28.2 Å². The third-order valence-corrected chi connectivity index (χ3v) is 6.60. The van der Waals surface area contributed by atoms with Gasteiger partial charge in [0.05, 0.1) is 39.6 Å². The molecule has 0 aliphatic carbocycles. The fraction of sp³-hybridized carbons (Fsp3) is 0.125. The monoisotopic (exact) mass is 482 g/mol. The van der Waals surface area contributed by atoms with Crippen LogP contribution in [0.25, 0.3) is 11.0 Å². The number of halogens is 2. The van der Waals surface area contributed by atoms with Crippen LogP contribution in [0.3, 0.4) is 0 Å². The summed E-state index contributed by atoms with van der Waals surface area (Å²) < 4.78 is 2.13. The van der Waals surface area contributed by atoms with Crippen LogP contribution in [-0.4, -0.2) is 27.4 Å². The van der Waals surface area contributed by atoms with Gasteiger partial charge in [-0.25, -0.2) is 10.4 Å². The minimum atomic E-state index is -0.238. The van der Waals surface area contributed by atoms with E-state index >= 15 is 0 Å². The fourth-order valence-corrected chi connectivity index (χ4v) is 4.31. The van der Waals surface area contributed by atoms with Crippen molar-refractivity contribution in [1.29, 1.82) is 0 Å². The van der Waals surface area contributed by atoms with Crippen molar-refractivity contribution in [2.75, 3.05) is 5.75 Å². The smallest absolute Gasteiger partial charge is 0.250 e. The molecule has 0 spiro atoms. The van der Waals surface area contributed by atoms with Gasteiger partial charge in [0.2, 0.25) is 0 Å². The number of thioether (sulfide) groups is 1. The van der Waals surface area contributed by atoms with E-state index in [1.807, 2.05) is 24.3 Å². The Morgan fingerprint density at radius 1 is 1.09 bits per heavy atom. The van der Waals surface area contributed by atoms with Crippen molar-refractivity contribution < 1.29 is 4.79 Å². The number of nitrogens with zero attached hydrogens (tertiary/aromatic N) is 3. The van der Waals surface area contributed by atoms with Crippen molar-refractivity contribution in [3.8, 4) is 0 Å². The van der Waals surface area contributed by atoms with Crippen LogP contribution in [0, 0.1) is 6.92 Å². The van der Waals surface area contributed by atoms with Crippen molar-refractivity contribution >= 4 is 58.1 Å². The molecule has 0 unspecified atom stereocenters. The molecule has 0 saturated carbocycles. The highest BCUT2D eigenvalue weighted by atomic mass is 35.5. The molecule has 0 bridgehead atoms. The number of nitrogens with one attached hydrogen (secondary N) is 1. The Balaban J connectivity index is 1.45. The number of fused-ring (bicyclic) bond motifs is 1. The summed E-state index contributed by atoms with van der Waals surface area (Å²) in [6, 6.07) is 21.6. The number of carbonyl (C=O) groups excluding carboxylic acids is 1. The quantitative estimate of drug-likeness (QED) is 0.201. The molecule has 1 heterocycles. The maximum absolute atomic E-state index is 12.3. The summed E-state index contributed by atoms with van der Waals surface area (Å²) in [6.45, 7) is 2.75. The molecule has 1 N–H and O–H groups in total. The third kappa shape index (κ3) is 5.33. The topological polar surface area (TPSA) is 59.3 Å². The molecule has 3 aromatic carbocycles. The lowest BCUT2D eigenvalue weighted by Crippen LogP contribution is -2.20. The number of carbonyl (C=O) groups is 1. The summed E-state index contributed by atoms with van der Waals surface area (Å²) in [6.07, 6.45) is 1.48. The summed E-state index contributed by atoms with van der Waals surface area (Å²) in [5.41, 5.74) is 7.48. The minimum Gasteiger partial charge on any atom is -0.314 e. The van der Waals surface area contributed by atoms with Gasteiger partial charge in [-0.3, -0.25) is 4.79 Å². The number of hydrogen-bond donors (Lipinski definition) is 1. The van der Waals surface area contributed by atoms with Crippen molar-refractivity contribution in [2.45, 2.75) is 18.6 Å². The highest BCUT2D eigenvalue weighted by molar-refractivity contribution is 7.99. The number of benzene rings is 3. The molecule has 1 amide bonds. The molecule has 0 aliphatic rings. The van der Waals surface area contributed by atoms with Gasteiger partial charge in [-0.1, -0.05) is 89.1 Å². The van der Waals surface area contributed by atoms with Gasteiger partial charge in [0.25, 0.3) is 5.91 Å². The molecule has 5 nitrogen and oxygen atoms in total. The zero-order valence-corrected chi connectivity index (χ0v) is 19.6. The van der Waals surface area contributed by atoms with E-state index in [9.17, 15) is 4.79 Å². The normalized spacial score (nSPS) is 11.3. The van der Waals surface area contributed by atoms with Gasteiger partial charge in [0, 0.05) is 5.56 Å². The van der Waals surface area contributed by atoms with Crippen LogP contribution >= 0.6 is 35.0 Å². The van der Waals surface area contributed by atoms with Gasteiger partial charge >= 0.3 is 0 Å². The molecular formula is C24H20Cl2N4OS. The summed E-state index contributed by atoms with van der Waals surface area (Å²) in [5.74, 6) is -0.0592. The number of rotatable bonds is 7. The Morgan fingerprint density at radius 2 is 1.88 bits per heavy atom. The zero-order chi connectivity index (χ0) is 22.5. The number of para-hydroxylation sites is 2. The Bertz CT molecular complexity index is 1290. The van der Waals surface area contributed by atoms with Gasteiger partial charge in [0.1, 0.15) is 0 Å². The van der Waals surface area contributed by atoms with Crippen LogP contribution in [0.1, 0.15) is 16.7 Å². The van der Waals surface area contributed by atoms with Crippen LogP contribution in [0.4, 0.5) is 0 Å². The van der Waals surface area contributed by atoms with Gasteiger partial charge in [-0.15, -0.1) is 0 Å². The summed E-state index contributed by atoms with van der Waals surface area (Å²) in [5, 5.41) is 5.60. The second-order valence-corrected chi connectivity index (χ2v) is 8.91. The first kappa shape index (κ1) is 22.4. The van der Waals surface area contributed by atoms with Crippen LogP contribution in [0.5, 0.6) is 0 Å². The van der Waals surface area contributed by atoms with Crippen molar-refractivity contribution in [3.05, 3.63) is 93.5 Å². The van der Waals surface area contributed by atoms with Gasteiger partial charge in [0.15, 0.2) is 5.16 Å². The maximum Gasteiger partial charge on any atom is 0.250 e. The summed E-state index contributed by atoms with van der Waals surface area (Å²) in [4.78, 5) is 17.1. The van der Waals surface area contributed by atoms with Crippen LogP contribution in [-0.2, 0) is 11.3 Å². The Morgan fingerprint density at radius 3 is 2.69 bits per heavy atom. The predicted molar refractivity (Wildman–Crippen MR) is 133 cm³/mol. The van der Waals surface area contributed by atoms with Gasteiger partial charge in [-0.2, -0.15) is 5.10 Å². The second-order valence-electron chi connectivity index (χ2n) is 7.18. The first-order chi connectivity index (χ1) is 15.5. The summed E-state index contributed by atoms with van der Waals surface area (Å²) >= 11 is 13.5. The molecule has 0 atom stereocenters. The molecule has 0 radical (unpaired) electrons. The first-order valence-electron chi connectivity index (χ1n) is 9.91. The second kappa shape index (κ2) is 10.2. The lowest BCUT2D eigenvalue weighted by atomic mass is 10.1. The van der Waals surface area contributed by atoms with E-state index in [0.29, 0.717) is 22.2 Å². The summed E-state index contributed by atoms with van der Waals surface area (Å²) in [7, 11) is 0. The van der Waals surface area contributed by atoms with Gasteiger partial charge < -0.3 is 4.57 Å². The number of amides is 1. The molecule has 0 aliphatic heterocycles. The predicted octanol–water partition coefficient (Wildman–Crippen LogP) is 5.94. The van der Waals surface area contributed by atoms with Crippen LogP contribution in [0.2, 0.25) is 10.0 Å². The first-order valence-corrected chi connectivity index (χ1v) is 11.6. The van der Waals surface area contributed by atoms with Crippen LogP contribution in [0.15, 0.2) is 77.0 Å². The van der Waals surface area contributed by atoms with E-state index in [2.05, 4.69) is 46.3 Å². The molecule has 0 saturated heterocycles. The Hall–Kier alpha value is -2.80. The Labute approximate surface area is 200 Å².